The fraction of sp³-hybridized carbons (Fsp3) is 0.0952. The summed E-state index contributed by atoms with van der Waals surface area (Å²) in [5, 5.41) is 0. The van der Waals surface area contributed by atoms with E-state index in [9.17, 15) is 18.0 Å². The summed E-state index contributed by atoms with van der Waals surface area (Å²) in [6.45, 7) is 5.67. The molecule has 2 aliphatic rings. The number of thiocarbonyl (C=S) groups is 1. The van der Waals surface area contributed by atoms with Gasteiger partial charge in [-0.1, -0.05) is 66.0 Å². The lowest BCUT2D eigenvalue weighted by Gasteiger charge is -2.17. The third kappa shape index (κ3) is 3.10. The minimum Gasteiger partial charge on any atom is -0.289 e. The fourth-order valence-electron chi connectivity index (χ4n) is 3.30. The highest BCUT2D eigenvalue weighted by Crippen LogP contribution is 2.46. The number of carbonyl (C=O) groups is 2. The van der Waals surface area contributed by atoms with E-state index in [2.05, 4.69) is 6.58 Å². The lowest BCUT2D eigenvalue weighted by Crippen LogP contribution is -2.34. The zero-order valence-electron chi connectivity index (χ0n) is 15.9. The molecule has 0 aromatic heterocycles. The molecule has 1 saturated heterocycles. The first kappa shape index (κ1) is 20.5. The zero-order valence-corrected chi connectivity index (χ0v) is 18.3. The Bertz CT molecular complexity index is 1250. The maximum Gasteiger partial charge on any atom is 0.274 e. The Kier molecular flexibility index (Phi) is 5.13. The number of thioether (sulfide) groups is 1. The Hall–Kier alpha value is -2.75. The van der Waals surface area contributed by atoms with Crippen molar-refractivity contribution in [2.45, 2.75) is 11.8 Å². The molecule has 2 aliphatic heterocycles. The van der Waals surface area contributed by atoms with Crippen LogP contribution in [0.15, 0.2) is 71.0 Å². The van der Waals surface area contributed by atoms with Crippen LogP contribution in [-0.4, -0.2) is 36.0 Å². The molecule has 0 N–H and O–H groups in total. The van der Waals surface area contributed by atoms with Crippen molar-refractivity contribution in [3.8, 4) is 0 Å². The van der Waals surface area contributed by atoms with Crippen molar-refractivity contribution in [1.82, 2.24) is 4.90 Å². The van der Waals surface area contributed by atoms with Crippen molar-refractivity contribution in [2.24, 2.45) is 0 Å². The highest BCUT2D eigenvalue weighted by atomic mass is 32.2. The van der Waals surface area contributed by atoms with E-state index in [1.165, 1.54) is 23.1 Å². The summed E-state index contributed by atoms with van der Waals surface area (Å²) in [6, 6.07) is 12.8. The van der Waals surface area contributed by atoms with Gasteiger partial charge in [0, 0.05) is 12.1 Å². The lowest BCUT2D eigenvalue weighted by molar-refractivity contribution is -0.122. The molecule has 152 valence electrons. The second-order valence-electron chi connectivity index (χ2n) is 6.68. The molecule has 2 heterocycles. The Morgan fingerprint density at radius 2 is 1.73 bits per heavy atom. The predicted octanol–water partition coefficient (Wildman–Crippen LogP) is 3.49. The molecule has 0 aliphatic carbocycles. The Morgan fingerprint density at radius 3 is 2.40 bits per heavy atom. The van der Waals surface area contributed by atoms with Gasteiger partial charge in [0.1, 0.15) is 4.32 Å². The second-order valence-corrected chi connectivity index (χ2v) is 10.1. The molecule has 0 radical (unpaired) electrons. The van der Waals surface area contributed by atoms with Gasteiger partial charge < -0.3 is 0 Å². The standard InChI is InChI=1S/C21H16N2O4S3/c1-3-12-22-20(25)18(29-21(22)28)17-15-6-4-5-7-16(15)23(19(17)24)30(26,27)14-10-8-13(2)9-11-14/h3-11H,1,12H2,2H3. The van der Waals surface area contributed by atoms with Crippen molar-refractivity contribution in [3.63, 3.8) is 0 Å². The van der Waals surface area contributed by atoms with E-state index in [0.717, 1.165) is 21.6 Å². The van der Waals surface area contributed by atoms with Crippen LogP contribution in [0, 0.1) is 6.92 Å². The first-order valence-electron chi connectivity index (χ1n) is 8.92. The molecule has 30 heavy (non-hydrogen) atoms. The number of hydrogen-bond donors (Lipinski definition) is 0. The molecular weight excluding hydrogens is 440 g/mol. The molecule has 2 aromatic rings. The van der Waals surface area contributed by atoms with Crippen LogP contribution in [0.3, 0.4) is 0 Å². The number of para-hydroxylation sites is 1. The highest BCUT2D eigenvalue weighted by Gasteiger charge is 2.46. The average Bonchev–Trinajstić information content (AvgIpc) is 3.16. The predicted molar refractivity (Wildman–Crippen MR) is 121 cm³/mol. The van der Waals surface area contributed by atoms with E-state index in [1.807, 2.05) is 6.92 Å². The molecule has 0 spiro atoms. The normalized spacial score (nSPS) is 18.9. The third-order valence-corrected chi connectivity index (χ3v) is 7.90. The molecule has 0 bridgehead atoms. The molecule has 9 heteroatoms. The van der Waals surface area contributed by atoms with Crippen LogP contribution < -0.4 is 4.31 Å². The minimum absolute atomic E-state index is 0.00305. The fourth-order valence-corrected chi connectivity index (χ4v) is 6.06. The largest absolute Gasteiger partial charge is 0.289 e. The summed E-state index contributed by atoms with van der Waals surface area (Å²) in [4.78, 5) is 27.8. The van der Waals surface area contributed by atoms with Crippen LogP contribution in [0.4, 0.5) is 5.69 Å². The molecule has 6 nitrogen and oxygen atoms in total. The summed E-state index contributed by atoms with van der Waals surface area (Å²) < 4.78 is 27.7. The number of aryl methyl sites for hydroxylation is 1. The van der Waals surface area contributed by atoms with Crippen molar-refractivity contribution in [1.29, 1.82) is 0 Å². The van der Waals surface area contributed by atoms with Gasteiger partial charge >= 0.3 is 0 Å². The first-order chi connectivity index (χ1) is 14.3. The van der Waals surface area contributed by atoms with Crippen molar-refractivity contribution >= 4 is 61.4 Å². The number of fused-ring (bicyclic) bond motifs is 1. The van der Waals surface area contributed by atoms with Gasteiger partial charge in [-0.25, -0.2) is 8.42 Å². The van der Waals surface area contributed by atoms with Gasteiger partial charge in [-0.2, -0.15) is 4.31 Å². The van der Waals surface area contributed by atoms with E-state index in [1.54, 1.807) is 36.4 Å². The molecule has 0 saturated carbocycles. The third-order valence-electron chi connectivity index (χ3n) is 4.74. The maximum absolute atomic E-state index is 13.4. The zero-order chi connectivity index (χ0) is 21.6. The lowest BCUT2D eigenvalue weighted by atomic mass is 10.1. The number of hydrogen-bond acceptors (Lipinski definition) is 6. The summed E-state index contributed by atoms with van der Waals surface area (Å²) in [5.74, 6) is -1.20. The van der Waals surface area contributed by atoms with E-state index in [4.69, 9.17) is 12.2 Å². The van der Waals surface area contributed by atoms with Crippen molar-refractivity contribution in [3.05, 3.63) is 77.2 Å². The monoisotopic (exact) mass is 456 g/mol. The van der Waals surface area contributed by atoms with Crippen LogP contribution >= 0.6 is 24.0 Å². The van der Waals surface area contributed by atoms with E-state index < -0.39 is 21.8 Å². The Morgan fingerprint density at radius 1 is 1.07 bits per heavy atom. The van der Waals surface area contributed by atoms with Crippen LogP contribution in [0.1, 0.15) is 11.1 Å². The van der Waals surface area contributed by atoms with Crippen LogP contribution in [0.5, 0.6) is 0 Å². The molecule has 0 unspecified atom stereocenters. The van der Waals surface area contributed by atoms with Gasteiger partial charge in [0.2, 0.25) is 0 Å². The topological polar surface area (TPSA) is 74.8 Å². The molecular formula is C21H16N2O4S3. The number of anilines is 1. The smallest absolute Gasteiger partial charge is 0.274 e. The van der Waals surface area contributed by atoms with Crippen LogP contribution in [0.2, 0.25) is 0 Å². The summed E-state index contributed by atoms with van der Waals surface area (Å²) in [7, 11) is -4.17. The minimum atomic E-state index is -4.17. The second kappa shape index (κ2) is 7.50. The maximum atomic E-state index is 13.4. The molecule has 2 amide bonds. The number of carbonyl (C=O) groups excluding carboxylic acids is 2. The average molecular weight is 457 g/mol. The van der Waals surface area contributed by atoms with E-state index in [-0.39, 0.29) is 27.6 Å². The van der Waals surface area contributed by atoms with Gasteiger partial charge in [-0.15, -0.1) is 6.58 Å². The Balaban J connectivity index is 1.89. The number of nitrogens with zero attached hydrogens (tertiary/aromatic N) is 2. The van der Waals surface area contributed by atoms with Gasteiger partial charge in [0.15, 0.2) is 0 Å². The Labute approximate surface area is 183 Å². The summed E-state index contributed by atoms with van der Waals surface area (Å²) in [5.41, 5.74) is 1.54. The number of benzene rings is 2. The van der Waals surface area contributed by atoms with E-state index >= 15 is 0 Å². The molecule has 2 aromatic carbocycles. The number of sulfonamides is 1. The van der Waals surface area contributed by atoms with Gasteiger partial charge in [-0.3, -0.25) is 14.5 Å². The highest BCUT2D eigenvalue weighted by molar-refractivity contribution is 8.26. The quantitative estimate of drug-likeness (QED) is 0.398. The summed E-state index contributed by atoms with van der Waals surface area (Å²) >= 11 is 6.26. The summed E-state index contributed by atoms with van der Waals surface area (Å²) in [6.07, 6.45) is 1.54. The first-order valence-corrected chi connectivity index (χ1v) is 11.6. The van der Waals surface area contributed by atoms with Crippen LogP contribution in [0.25, 0.3) is 5.57 Å². The van der Waals surface area contributed by atoms with Crippen molar-refractivity contribution in [2.75, 3.05) is 10.8 Å². The van der Waals surface area contributed by atoms with Crippen LogP contribution in [-0.2, 0) is 19.6 Å². The molecule has 0 atom stereocenters. The van der Waals surface area contributed by atoms with Crippen molar-refractivity contribution < 1.29 is 18.0 Å². The van der Waals surface area contributed by atoms with Gasteiger partial charge in [-0.05, 0) is 25.1 Å². The molecule has 1 fully saturated rings. The van der Waals surface area contributed by atoms with Gasteiger partial charge in [0.05, 0.1) is 21.1 Å². The number of amides is 2. The van der Waals surface area contributed by atoms with E-state index in [0.29, 0.717) is 9.88 Å². The molecule has 4 rings (SSSR count). The van der Waals surface area contributed by atoms with Gasteiger partial charge in [0.25, 0.3) is 21.8 Å². The SMILES string of the molecule is C=CCN1C(=O)C(=C2C(=O)N(S(=O)(=O)c3ccc(C)cc3)c3ccccc32)SC1=S. The number of rotatable bonds is 4.